The third kappa shape index (κ3) is 3.22. The van der Waals surface area contributed by atoms with Crippen LogP contribution in [-0.2, 0) is 14.6 Å². The second-order valence-electron chi connectivity index (χ2n) is 9.41. The highest BCUT2D eigenvalue weighted by Gasteiger charge is 2.49. The van der Waals surface area contributed by atoms with Crippen molar-refractivity contribution in [3.63, 3.8) is 0 Å². The number of carbonyl (C=O) groups is 1. The lowest BCUT2D eigenvalue weighted by molar-refractivity contribution is -0.135. The molecule has 0 aromatic heterocycles. The summed E-state index contributed by atoms with van der Waals surface area (Å²) in [5, 5.41) is 2.81. The summed E-state index contributed by atoms with van der Waals surface area (Å²) >= 11 is 0. The molecule has 0 spiro atoms. The molecule has 3 heterocycles. The highest BCUT2D eigenvalue weighted by atomic mass is 32.2. The van der Waals surface area contributed by atoms with Crippen LogP contribution in [0.2, 0.25) is 0 Å². The van der Waals surface area contributed by atoms with Gasteiger partial charge in [0.15, 0.2) is 9.84 Å². The van der Waals surface area contributed by atoms with Gasteiger partial charge in [-0.1, -0.05) is 6.08 Å². The predicted octanol–water partition coefficient (Wildman–Crippen LogP) is 0.622. The zero-order chi connectivity index (χ0) is 20.4. The first-order chi connectivity index (χ1) is 13.8. The number of likely N-dealkylation sites (tertiary alicyclic amines) is 1. The molecule has 0 aromatic carbocycles. The molecule has 2 saturated carbocycles. The molecule has 3 fully saturated rings. The standard InChI is InChI=1S/C20H29N5O3S/c1-20(17-5-6-21-18(17)22-12-23-20)24(2)15-7-13(8-15)11-29(27,28)16-9-25(10-16)19(26)14-3-4-14/h5-6,12-17H,3-4,7-11H2,1-2H3,(H,21,22,23). The third-order valence-corrected chi connectivity index (χ3v) is 9.70. The van der Waals surface area contributed by atoms with Crippen LogP contribution in [0, 0.1) is 17.8 Å². The molecule has 2 atom stereocenters. The van der Waals surface area contributed by atoms with E-state index in [1.54, 1.807) is 11.2 Å². The fraction of sp³-hybridized carbons (Fsp3) is 0.750. The summed E-state index contributed by atoms with van der Waals surface area (Å²) in [7, 11) is -1.06. The molecule has 9 heteroatoms. The number of nitrogens with one attached hydrogen (secondary N) is 1. The van der Waals surface area contributed by atoms with E-state index in [1.807, 2.05) is 6.20 Å². The maximum absolute atomic E-state index is 12.8. The molecule has 3 aliphatic heterocycles. The van der Waals surface area contributed by atoms with Crippen LogP contribution in [0.5, 0.6) is 0 Å². The van der Waals surface area contributed by atoms with Crippen molar-refractivity contribution < 1.29 is 13.2 Å². The number of hydrogen-bond donors (Lipinski definition) is 1. The number of rotatable bonds is 6. The normalized spacial score (nSPS) is 36.3. The smallest absolute Gasteiger partial charge is 0.225 e. The maximum atomic E-state index is 12.8. The molecule has 1 saturated heterocycles. The Morgan fingerprint density at radius 2 is 2.07 bits per heavy atom. The zero-order valence-corrected chi connectivity index (χ0v) is 17.8. The SMILES string of the molecule is CN(C1CC(CS(=O)(=O)C2CN(C(=O)C3CC3)C2)C1)C1(C)N=CN=C2NC=CC21. The summed E-state index contributed by atoms with van der Waals surface area (Å²) in [5.74, 6) is 1.78. The van der Waals surface area contributed by atoms with Crippen molar-refractivity contribution in [1.82, 2.24) is 15.1 Å². The number of amides is 1. The first-order valence-corrected chi connectivity index (χ1v) is 12.3. The minimum atomic E-state index is -3.14. The van der Waals surface area contributed by atoms with Gasteiger partial charge in [-0.25, -0.2) is 13.4 Å². The first kappa shape index (κ1) is 19.2. The average Bonchev–Trinajstić information content (AvgIpc) is 3.33. The molecule has 1 amide bonds. The molecule has 1 N–H and O–H groups in total. The summed E-state index contributed by atoms with van der Waals surface area (Å²) < 4.78 is 25.5. The summed E-state index contributed by atoms with van der Waals surface area (Å²) in [6.45, 7) is 2.90. The van der Waals surface area contributed by atoms with Crippen molar-refractivity contribution in [2.75, 3.05) is 25.9 Å². The number of sulfone groups is 1. The molecule has 2 aliphatic carbocycles. The van der Waals surface area contributed by atoms with E-state index >= 15 is 0 Å². The van der Waals surface area contributed by atoms with Crippen LogP contribution in [0.15, 0.2) is 22.3 Å². The lowest BCUT2D eigenvalue weighted by Gasteiger charge is -2.50. The van der Waals surface area contributed by atoms with Gasteiger partial charge >= 0.3 is 0 Å². The molecule has 8 nitrogen and oxygen atoms in total. The fourth-order valence-electron chi connectivity index (χ4n) is 4.99. The van der Waals surface area contributed by atoms with Crippen molar-refractivity contribution in [3.8, 4) is 0 Å². The van der Waals surface area contributed by atoms with Crippen LogP contribution in [0.4, 0.5) is 0 Å². The lowest BCUT2D eigenvalue weighted by Crippen LogP contribution is -2.60. The van der Waals surface area contributed by atoms with E-state index < -0.39 is 15.5 Å². The van der Waals surface area contributed by atoms with E-state index in [0.717, 1.165) is 31.5 Å². The molecular weight excluding hydrogens is 390 g/mol. The van der Waals surface area contributed by atoms with Crippen molar-refractivity contribution in [2.24, 2.45) is 27.7 Å². The van der Waals surface area contributed by atoms with Gasteiger partial charge in [0, 0.05) is 25.0 Å². The Labute approximate surface area is 172 Å². The average molecular weight is 420 g/mol. The van der Waals surface area contributed by atoms with Crippen LogP contribution in [0.25, 0.3) is 0 Å². The van der Waals surface area contributed by atoms with Crippen molar-refractivity contribution >= 4 is 27.9 Å². The van der Waals surface area contributed by atoms with E-state index in [1.165, 1.54) is 0 Å². The number of carbonyl (C=O) groups excluding carboxylic acids is 1. The summed E-state index contributed by atoms with van der Waals surface area (Å²) in [4.78, 5) is 25.0. The Kier molecular flexibility index (Phi) is 4.40. The Bertz CT molecular complexity index is 897. The largest absolute Gasteiger partial charge is 0.350 e. The summed E-state index contributed by atoms with van der Waals surface area (Å²) in [5.41, 5.74) is -0.400. The Morgan fingerprint density at radius 1 is 1.34 bits per heavy atom. The van der Waals surface area contributed by atoms with Crippen LogP contribution < -0.4 is 5.32 Å². The van der Waals surface area contributed by atoms with Gasteiger partial charge in [-0.3, -0.25) is 14.7 Å². The second-order valence-corrected chi connectivity index (χ2v) is 11.7. The number of nitrogens with zero attached hydrogens (tertiary/aromatic N) is 4. The van der Waals surface area contributed by atoms with Gasteiger partial charge in [0.25, 0.3) is 0 Å². The topological polar surface area (TPSA) is 94.4 Å². The predicted molar refractivity (Wildman–Crippen MR) is 111 cm³/mol. The van der Waals surface area contributed by atoms with Gasteiger partial charge in [0.1, 0.15) is 17.8 Å². The summed E-state index contributed by atoms with van der Waals surface area (Å²) in [6.07, 6.45) is 9.30. The highest BCUT2D eigenvalue weighted by molar-refractivity contribution is 7.92. The van der Waals surface area contributed by atoms with E-state index in [4.69, 9.17) is 0 Å². The zero-order valence-electron chi connectivity index (χ0n) is 17.0. The van der Waals surface area contributed by atoms with E-state index in [2.05, 4.69) is 40.2 Å². The summed E-state index contributed by atoms with van der Waals surface area (Å²) in [6, 6.07) is 0.319. The Balaban J connectivity index is 1.13. The van der Waals surface area contributed by atoms with Gasteiger partial charge in [-0.05, 0) is 51.8 Å². The van der Waals surface area contributed by atoms with Gasteiger partial charge in [-0.15, -0.1) is 0 Å². The van der Waals surface area contributed by atoms with Crippen LogP contribution in [-0.4, -0.2) is 79.1 Å². The highest BCUT2D eigenvalue weighted by Crippen LogP contribution is 2.41. The Hall–Kier alpha value is -1.74. The molecule has 29 heavy (non-hydrogen) atoms. The van der Waals surface area contributed by atoms with E-state index in [-0.39, 0.29) is 34.7 Å². The minimum Gasteiger partial charge on any atom is -0.350 e. The molecule has 158 valence electrons. The van der Waals surface area contributed by atoms with E-state index in [0.29, 0.717) is 19.1 Å². The quantitative estimate of drug-likeness (QED) is 0.681. The third-order valence-electron chi connectivity index (χ3n) is 7.45. The van der Waals surface area contributed by atoms with Crippen LogP contribution in [0.1, 0.15) is 32.6 Å². The van der Waals surface area contributed by atoms with Crippen molar-refractivity contribution in [1.29, 1.82) is 0 Å². The molecule has 2 unspecified atom stereocenters. The minimum absolute atomic E-state index is 0.102. The van der Waals surface area contributed by atoms with Gasteiger partial charge < -0.3 is 10.2 Å². The van der Waals surface area contributed by atoms with E-state index in [9.17, 15) is 13.2 Å². The van der Waals surface area contributed by atoms with Gasteiger partial charge in [-0.2, -0.15) is 0 Å². The van der Waals surface area contributed by atoms with Crippen LogP contribution in [0.3, 0.4) is 0 Å². The maximum Gasteiger partial charge on any atom is 0.225 e. The lowest BCUT2D eigenvalue weighted by atomic mass is 9.78. The van der Waals surface area contributed by atoms with Crippen LogP contribution >= 0.6 is 0 Å². The molecule has 0 radical (unpaired) electrons. The molecule has 5 aliphatic rings. The molecule has 0 aromatic rings. The number of fused-ring (bicyclic) bond motifs is 1. The number of aliphatic imine (C=N–C) groups is 2. The fourth-order valence-corrected chi connectivity index (χ4v) is 7.00. The van der Waals surface area contributed by atoms with Crippen molar-refractivity contribution in [2.45, 2.75) is 49.6 Å². The molecule has 0 bridgehead atoms. The van der Waals surface area contributed by atoms with Gasteiger partial charge in [0.2, 0.25) is 5.91 Å². The van der Waals surface area contributed by atoms with Crippen molar-refractivity contribution in [3.05, 3.63) is 12.3 Å². The van der Waals surface area contributed by atoms with Gasteiger partial charge in [0.05, 0.1) is 16.9 Å². The Morgan fingerprint density at radius 3 is 2.76 bits per heavy atom. The monoisotopic (exact) mass is 419 g/mol. The molecule has 5 rings (SSSR count). The molecular formula is C20H29N5O3S. The number of amidine groups is 1. The number of hydrogen-bond acceptors (Lipinski definition) is 7. The first-order valence-electron chi connectivity index (χ1n) is 10.6. The second kappa shape index (κ2) is 6.63.